The van der Waals surface area contributed by atoms with Gasteiger partial charge in [-0.05, 0) is 42.7 Å². The van der Waals surface area contributed by atoms with Gasteiger partial charge in [0.25, 0.3) is 5.91 Å². The molecule has 2 aromatic carbocycles. The van der Waals surface area contributed by atoms with Crippen LogP contribution in [0.1, 0.15) is 47.2 Å². The van der Waals surface area contributed by atoms with Gasteiger partial charge in [0.05, 0.1) is 13.1 Å². The molecule has 0 spiro atoms. The van der Waals surface area contributed by atoms with Crippen molar-refractivity contribution in [2.45, 2.75) is 38.8 Å². The van der Waals surface area contributed by atoms with Gasteiger partial charge in [-0.2, -0.15) is 0 Å². The molecule has 5 nitrogen and oxygen atoms in total. The molecule has 2 aliphatic heterocycles. The van der Waals surface area contributed by atoms with Crippen LogP contribution in [0.25, 0.3) is 0 Å². The average Bonchev–Trinajstić information content (AvgIpc) is 3.31. The van der Waals surface area contributed by atoms with E-state index in [0.717, 1.165) is 6.54 Å². The van der Waals surface area contributed by atoms with Crippen LogP contribution in [0.15, 0.2) is 48.5 Å². The minimum Gasteiger partial charge on any atom is -0.352 e. The number of carbonyl (C=O) groups is 2. The molecule has 0 radical (unpaired) electrons. The first-order valence-electron chi connectivity index (χ1n) is 11.3. The maximum absolute atomic E-state index is 13.1. The number of benzene rings is 2. The molecule has 0 aromatic heterocycles. The molecule has 6 heteroatoms. The third-order valence-corrected chi connectivity index (χ3v) is 6.57. The van der Waals surface area contributed by atoms with Crippen molar-refractivity contribution >= 4 is 11.8 Å². The van der Waals surface area contributed by atoms with Gasteiger partial charge in [-0.15, -0.1) is 0 Å². The second-order valence-electron chi connectivity index (χ2n) is 8.69. The third kappa shape index (κ3) is 5.50. The fraction of sp³-hybridized carbons (Fsp3) is 0.440. The molecular weight excluding hydrogens is 393 g/mol. The Hall–Kier alpha value is -2.73. The van der Waals surface area contributed by atoms with Crippen molar-refractivity contribution in [3.8, 4) is 0 Å². The Bertz CT molecular complexity index is 901. The lowest BCUT2D eigenvalue weighted by Crippen LogP contribution is -3.08. The monoisotopic (exact) mass is 424 g/mol. The Balaban J connectivity index is 1.27. The van der Waals surface area contributed by atoms with E-state index in [1.807, 2.05) is 6.07 Å². The number of rotatable bonds is 6. The zero-order valence-corrected chi connectivity index (χ0v) is 17.9. The molecule has 31 heavy (non-hydrogen) atoms. The van der Waals surface area contributed by atoms with Crippen molar-refractivity contribution in [1.82, 2.24) is 10.2 Å². The predicted octanol–water partition coefficient (Wildman–Crippen LogP) is 2.17. The van der Waals surface area contributed by atoms with Crippen LogP contribution < -0.4 is 10.2 Å². The summed E-state index contributed by atoms with van der Waals surface area (Å²) in [5, 5.41) is 3.12. The van der Waals surface area contributed by atoms with Crippen LogP contribution in [0.4, 0.5) is 4.39 Å². The van der Waals surface area contributed by atoms with Crippen molar-refractivity contribution in [3.63, 3.8) is 0 Å². The number of carbonyl (C=O) groups excluding carboxylic acids is 2. The van der Waals surface area contributed by atoms with Gasteiger partial charge in [-0.1, -0.05) is 24.3 Å². The van der Waals surface area contributed by atoms with Crippen molar-refractivity contribution in [3.05, 3.63) is 71.0 Å². The number of hydrogen-bond donors (Lipinski definition) is 2. The number of hydrogen-bond acceptors (Lipinski definition) is 2. The summed E-state index contributed by atoms with van der Waals surface area (Å²) >= 11 is 0. The molecule has 2 amide bonds. The van der Waals surface area contributed by atoms with E-state index in [-0.39, 0.29) is 23.5 Å². The largest absolute Gasteiger partial charge is 0.352 e. The first-order chi connectivity index (χ1) is 15.1. The van der Waals surface area contributed by atoms with Crippen LogP contribution >= 0.6 is 0 Å². The molecule has 2 fully saturated rings. The lowest BCUT2D eigenvalue weighted by molar-refractivity contribution is -0.901. The van der Waals surface area contributed by atoms with Gasteiger partial charge in [0.2, 0.25) is 5.91 Å². The van der Waals surface area contributed by atoms with Crippen LogP contribution in [0, 0.1) is 11.7 Å². The SMILES string of the molecule is O=C(NCc1ccccc1C[NH+]1CCCC1)C1CCN(C(=O)c2ccc(F)cc2)CC1. The topological polar surface area (TPSA) is 53.9 Å². The highest BCUT2D eigenvalue weighted by Gasteiger charge is 2.28. The van der Waals surface area contributed by atoms with Gasteiger partial charge < -0.3 is 15.1 Å². The number of quaternary nitrogens is 1. The molecule has 2 N–H and O–H groups in total. The van der Waals surface area contributed by atoms with E-state index < -0.39 is 0 Å². The van der Waals surface area contributed by atoms with E-state index in [0.29, 0.717) is 38.0 Å². The Morgan fingerprint density at radius 3 is 2.29 bits per heavy atom. The molecule has 0 atom stereocenters. The predicted molar refractivity (Wildman–Crippen MR) is 117 cm³/mol. The zero-order chi connectivity index (χ0) is 21.6. The van der Waals surface area contributed by atoms with E-state index in [1.165, 1.54) is 61.3 Å². The van der Waals surface area contributed by atoms with E-state index in [2.05, 4.69) is 23.5 Å². The number of nitrogens with one attached hydrogen (secondary N) is 2. The number of likely N-dealkylation sites (tertiary alicyclic amines) is 2. The summed E-state index contributed by atoms with van der Waals surface area (Å²) in [4.78, 5) is 28.7. The summed E-state index contributed by atoms with van der Waals surface area (Å²) in [6, 6.07) is 14.0. The summed E-state index contributed by atoms with van der Waals surface area (Å²) in [5.41, 5.74) is 3.00. The Kier molecular flexibility index (Phi) is 6.97. The summed E-state index contributed by atoms with van der Waals surface area (Å²) in [6.07, 6.45) is 3.91. The minimum absolute atomic E-state index is 0.0669. The van der Waals surface area contributed by atoms with Gasteiger partial charge in [0, 0.05) is 49.5 Å². The quantitative estimate of drug-likeness (QED) is 0.747. The first-order valence-corrected chi connectivity index (χ1v) is 11.3. The molecule has 4 rings (SSSR count). The van der Waals surface area contributed by atoms with Gasteiger partial charge in [0.15, 0.2) is 0 Å². The Morgan fingerprint density at radius 1 is 0.968 bits per heavy atom. The summed E-state index contributed by atoms with van der Waals surface area (Å²) in [6.45, 7) is 5.13. The maximum Gasteiger partial charge on any atom is 0.253 e. The average molecular weight is 425 g/mol. The summed E-state index contributed by atoms with van der Waals surface area (Å²) in [5.74, 6) is -0.460. The van der Waals surface area contributed by atoms with Crippen LogP contribution in [0.3, 0.4) is 0 Å². The van der Waals surface area contributed by atoms with Gasteiger partial charge in [-0.3, -0.25) is 9.59 Å². The summed E-state index contributed by atoms with van der Waals surface area (Å²) < 4.78 is 13.1. The fourth-order valence-electron chi connectivity index (χ4n) is 4.67. The van der Waals surface area contributed by atoms with E-state index in [1.54, 1.807) is 9.80 Å². The molecule has 0 unspecified atom stereocenters. The molecule has 0 aliphatic carbocycles. The lowest BCUT2D eigenvalue weighted by Gasteiger charge is -2.31. The van der Waals surface area contributed by atoms with Crippen molar-refractivity contribution in [2.24, 2.45) is 5.92 Å². The Labute approximate surface area is 183 Å². The highest BCUT2D eigenvalue weighted by Crippen LogP contribution is 2.20. The molecular formula is C25H31FN3O2+. The summed E-state index contributed by atoms with van der Waals surface area (Å²) in [7, 11) is 0. The number of amides is 2. The van der Waals surface area contributed by atoms with Gasteiger partial charge in [-0.25, -0.2) is 4.39 Å². The highest BCUT2D eigenvalue weighted by atomic mass is 19.1. The molecule has 2 saturated heterocycles. The number of halogens is 1. The molecule has 164 valence electrons. The van der Waals surface area contributed by atoms with Crippen LogP contribution in [-0.2, 0) is 17.9 Å². The number of piperidine rings is 1. The second-order valence-corrected chi connectivity index (χ2v) is 8.69. The molecule has 2 aromatic rings. The van der Waals surface area contributed by atoms with Crippen molar-refractivity contribution in [2.75, 3.05) is 26.2 Å². The molecule has 0 saturated carbocycles. The van der Waals surface area contributed by atoms with E-state index in [4.69, 9.17) is 0 Å². The van der Waals surface area contributed by atoms with Gasteiger partial charge >= 0.3 is 0 Å². The first kappa shape index (κ1) is 21.5. The fourth-order valence-corrected chi connectivity index (χ4v) is 4.67. The van der Waals surface area contributed by atoms with Crippen molar-refractivity contribution in [1.29, 1.82) is 0 Å². The molecule has 2 aliphatic rings. The second kappa shape index (κ2) is 10.1. The third-order valence-electron chi connectivity index (χ3n) is 6.57. The molecule has 0 bridgehead atoms. The highest BCUT2D eigenvalue weighted by molar-refractivity contribution is 5.94. The van der Waals surface area contributed by atoms with Crippen LogP contribution in [-0.4, -0.2) is 42.9 Å². The van der Waals surface area contributed by atoms with Crippen LogP contribution in [0.2, 0.25) is 0 Å². The minimum atomic E-state index is -0.352. The standard InChI is InChI=1S/C25H30FN3O2/c26-23-9-7-20(8-10-23)25(31)29-15-11-19(12-16-29)24(30)27-17-21-5-1-2-6-22(21)18-28-13-3-4-14-28/h1-2,5-10,19H,3-4,11-18H2,(H,27,30)/p+1. The zero-order valence-electron chi connectivity index (χ0n) is 17.9. The van der Waals surface area contributed by atoms with E-state index >= 15 is 0 Å². The molecule has 2 heterocycles. The smallest absolute Gasteiger partial charge is 0.253 e. The maximum atomic E-state index is 13.1. The number of nitrogens with zero attached hydrogens (tertiary/aromatic N) is 1. The Morgan fingerprint density at radius 2 is 1.61 bits per heavy atom. The van der Waals surface area contributed by atoms with Crippen molar-refractivity contribution < 1.29 is 18.9 Å². The van der Waals surface area contributed by atoms with Crippen LogP contribution in [0.5, 0.6) is 0 Å². The normalized spacial score (nSPS) is 17.6. The lowest BCUT2D eigenvalue weighted by atomic mass is 9.95. The van der Waals surface area contributed by atoms with Gasteiger partial charge in [0.1, 0.15) is 12.4 Å². The van der Waals surface area contributed by atoms with E-state index in [9.17, 15) is 14.0 Å².